The first kappa shape index (κ1) is 21.8. The van der Waals surface area contributed by atoms with E-state index in [0.29, 0.717) is 23.7 Å². The largest absolute Gasteiger partial charge is 0.494 e. The summed E-state index contributed by atoms with van der Waals surface area (Å²) in [4.78, 5) is 12.2. The molecule has 0 atom stereocenters. The van der Waals surface area contributed by atoms with Gasteiger partial charge in [-0.15, -0.1) is 0 Å². The maximum absolute atomic E-state index is 12.2. The van der Waals surface area contributed by atoms with Gasteiger partial charge in [-0.25, -0.2) is 5.43 Å². The molecule has 0 saturated carbocycles. The third-order valence-electron chi connectivity index (χ3n) is 3.57. The normalized spacial score (nSPS) is 10.9. The highest BCUT2D eigenvalue weighted by molar-refractivity contribution is 9.10. The van der Waals surface area contributed by atoms with Crippen molar-refractivity contribution in [2.24, 2.45) is 5.10 Å². The Morgan fingerprint density at radius 1 is 1.25 bits per heavy atom. The Labute approximate surface area is 174 Å². The number of halogens is 1. The van der Waals surface area contributed by atoms with Crippen LogP contribution in [0.1, 0.15) is 43.1 Å². The molecule has 0 fully saturated rings. The molecule has 0 spiro atoms. The molecule has 2 aromatic carbocycles. The number of rotatable bonds is 9. The van der Waals surface area contributed by atoms with Crippen molar-refractivity contribution in [2.75, 3.05) is 13.7 Å². The summed E-state index contributed by atoms with van der Waals surface area (Å²) in [5.41, 5.74) is 3.77. The number of carbonyl (C=O) groups excluding carboxylic acids is 1. The van der Waals surface area contributed by atoms with E-state index in [1.807, 2.05) is 26.8 Å². The molecule has 0 bridgehead atoms. The van der Waals surface area contributed by atoms with Gasteiger partial charge in [0.2, 0.25) is 0 Å². The molecule has 1 N–H and O–H groups in total. The molecule has 2 rings (SSSR count). The Bertz CT molecular complexity index is 820. The molecule has 0 heterocycles. The second-order valence-electron chi connectivity index (χ2n) is 6.27. The van der Waals surface area contributed by atoms with Crippen molar-refractivity contribution < 1.29 is 19.0 Å². The van der Waals surface area contributed by atoms with Gasteiger partial charge >= 0.3 is 0 Å². The van der Waals surface area contributed by atoms with E-state index in [1.165, 1.54) is 0 Å². The number of ether oxygens (including phenoxy) is 3. The molecule has 2 aromatic rings. The fourth-order valence-corrected chi connectivity index (χ4v) is 2.87. The van der Waals surface area contributed by atoms with E-state index in [1.54, 1.807) is 43.7 Å². The van der Waals surface area contributed by atoms with E-state index >= 15 is 0 Å². The average molecular weight is 449 g/mol. The molecule has 28 heavy (non-hydrogen) atoms. The highest BCUT2D eigenvalue weighted by Gasteiger charge is 2.12. The highest BCUT2D eigenvalue weighted by Crippen LogP contribution is 2.36. The molecule has 0 unspecified atom stereocenters. The van der Waals surface area contributed by atoms with Gasteiger partial charge in [0.05, 0.1) is 30.5 Å². The Morgan fingerprint density at radius 2 is 1.96 bits per heavy atom. The monoisotopic (exact) mass is 448 g/mol. The molecule has 0 aromatic heterocycles. The fourth-order valence-electron chi connectivity index (χ4n) is 2.32. The summed E-state index contributed by atoms with van der Waals surface area (Å²) in [6.07, 6.45) is 2.49. The highest BCUT2D eigenvalue weighted by atomic mass is 79.9. The van der Waals surface area contributed by atoms with Gasteiger partial charge in [-0.05, 0) is 78.2 Å². The van der Waals surface area contributed by atoms with Crippen molar-refractivity contribution in [2.45, 2.75) is 33.3 Å². The summed E-state index contributed by atoms with van der Waals surface area (Å²) in [6.45, 7) is 6.58. The van der Waals surface area contributed by atoms with Crippen LogP contribution in [0.3, 0.4) is 0 Å². The van der Waals surface area contributed by atoms with Gasteiger partial charge in [0.1, 0.15) is 5.75 Å². The van der Waals surface area contributed by atoms with Crippen molar-refractivity contribution in [1.82, 2.24) is 5.43 Å². The van der Waals surface area contributed by atoms with E-state index in [2.05, 4.69) is 26.5 Å². The molecule has 0 saturated heterocycles. The topological polar surface area (TPSA) is 69.2 Å². The predicted octanol–water partition coefficient (Wildman–Crippen LogP) is 4.80. The summed E-state index contributed by atoms with van der Waals surface area (Å²) in [5, 5.41) is 4.02. The first-order chi connectivity index (χ1) is 13.4. The number of hydrazone groups is 1. The Morgan fingerprint density at radius 3 is 2.57 bits per heavy atom. The first-order valence-corrected chi connectivity index (χ1v) is 9.84. The summed E-state index contributed by atoms with van der Waals surface area (Å²) in [5.74, 6) is 1.65. The van der Waals surface area contributed by atoms with E-state index in [4.69, 9.17) is 14.2 Å². The van der Waals surface area contributed by atoms with Gasteiger partial charge in [-0.3, -0.25) is 4.79 Å². The van der Waals surface area contributed by atoms with Gasteiger partial charge in [-0.1, -0.05) is 6.92 Å². The smallest absolute Gasteiger partial charge is 0.271 e. The van der Waals surface area contributed by atoms with Crippen molar-refractivity contribution in [3.05, 3.63) is 52.0 Å². The second-order valence-corrected chi connectivity index (χ2v) is 7.13. The zero-order valence-electron chi connectivity index (χ0n) is 16.5. The maximum Gasteiger partial charge on any atom is 0.271 e. The Balaban J connectivity index is 2.03. The third-order valence-corrected chi connectivity index (χ3v) is 4.16. The summed E-state index contributed by atoms with van der Waals surface area (Å²) < 4.78 is 17.4. The molecule has 1 amide bonds. The van der Waals surface area contributed by atoms with Crippen molar-refractivity contribution in [1.29, 1.82) is 0 Å². The van der Waals surface area contributed by atoms with Gasteiger partial charge < -0.3 is 14.2 Å². The minimum Gasteiger partial charge on any atom is -0.494 e. The van der Waals surface area contributed by atoms with Gasteiger partial charge in [0, 0.05) is 5.56 Å². The van der Waals surface area contributed by atoms with Crippen molar-refractivity contribution in [3.63, 3.8) is 0 Å². The molecule has 7 heteroatoms. The standard InChI is InChI=1S/C21H25BrN2O4/c1-5-10-27-17-8-6-16(7-9-17)21(25)24-23-13-15-11-18(22)20(28-14(2)3)19(12-15)26-4/h6-9,11-14H,5,10H2,1-4H3,(H,24,25)/b23-13+. The molecule has 6 nitrogen and oxygen atoms in total. The molecular weight excluding hydrogens is 424 g/mol. The lowest BCUT2D eigenvalue weighted by Crippen LogP contribution is -2.17. The van der Waals surface area contributed by atoms with Crippen LogP contribution >= 0.6 is 15.9 Å². The zero-order valence-corrected chi connectivity index (χ0v) is 18.1. The lowest BCUT2D eigenvalue weighted by Gasteiger charge is -2.15. The average Bonchev–Trinajstić information content (AvgIpc) is 2.68. The van der Waals surface area contributed by atoms with E-state index in [-0.39, 0.29) is 12.0 Å². The van der Waals surface area contributed by atoms with Crippen LogP contribution in [0.4, 0.5) is 0 Å². The van der Waals surface area contributed by atoms with Crippen LogP contribution in [0, 0.1) is 0 Å². The number of methoxy groups -OCH3 is 1. The first-order valence-electron chi connectivity index (χ1n) is 9.05. The van der Waals surface area contributed by atoms with Crippen LogP contribution in [0.2, 0.25) is 0 Å². The van der Waals surface area contributed by atoms with Gasteiger partial charge in [0.15, 0.2) is 11.5 Å². The van der Waals surface area contributed by atoms with E-state index < -0.39 is 0 Å². The Hall–Kier alpha value is -2.54. The quantitative estimate of drug-likeness (QED) is 0.441. The molecular formula is C21H25BrN2O4. The zero-order chi connectivity index (χ0) is 20.5. The number of hydrogen-bond acceptors (Lipinski definition) is 5. The molecule has 150 valence electrons. The lowest BCUT2D eigenvalue weighted by molar-refractivity contribution is 0.0955. The van der Waals surface area contributed by atoms with Crippen LogP contribution in [0.25, 0.3) is 0 Å². The number of nitrogens with one attached hydrogen (secondary N) is 1. The minimum absolute atomic E-state index is 0.0165. The van der Waals surface area contributed by atoms with E-state index in [0.717, 1.165) is 22.2 Å². The molecule has 0 aliphatic rings. The third kappa shape index (κ3) is 6.27. The van der Waals surface area contributed by atoms with Crippen LogP contribution in [0.15, 0.2) is 46.0 Å². The summed E-state index contributed by atoms with van der Waals surface area (Å²) in [6, 6.07) is 10.6. The fraction of sp³-hybridized carbons (Fsp3) is 0.333. The van der Waals surface area contributed by atoms with Crippen molar-refractivity contribution >= 4 is 28.1 Å². The number of benzene rings is 2. The van der Waals surface area contributed by atoms with Gasteiger partial charge in [-0.2, -0.15) is 5.10 Å². The summed E-state index contributed by atoms with van der Waals surface area (Å²) >= 11 is 3.48. The number of carbonyl (C=O) groups is 1. The second kappa shape index (κ2) is 10.7. The van der Waals surface area contributed by atoms with Crippen molar-refractivity contribution in [3.8, 4) is 17.2 Å². The Kier molecular flexibility index (Phi) is 8.32. The number of nitrogens with zero attached hydrogens (tertiary/aromatic N) is 1. The van der Waals surface area contributed by atoms with Crippen LogP contribution in [0.5, 0.6) is 17.2 Å². The molecule has 0 aliphatic heterocycles. The number of amides is 1. The minimum atomic E-state index is -0.302. The lowest BCUT2D eigenvalue weighted by atomic mass is 10.2. The van der Waals surface area contributed by atoms with E-state index in [9.17, 15) is 4.79 Å². The SMILES string of the molecule is CCCOc1ccc(C(=O)N/N=C/c2cc(Br)c(OC(C)C)c(OC)c2)cc1. The van der Waals surface area contributed by atoms with Crippen LogP contribution in [-0.2, 0) is 0 Å². The summed E-state index contributed by atoms with van der Waals surface area (Å²) in [7, 11) is 1.57. The molecule has 0 aliphatic carbocycles. The number of hydrogen-bond donors (Lipinski definition) is 1. The van der Waals surface area contributed by atoms with Gasteiger partial charge in [0.25, 0.3) is 5.91 Å². The predicted molar refractivity (Wildman–Crippen MR) is 114 cm³/mol. The maximum atomic E-state index is 12.2. The van der Waals surface area contributed by atoms with Crippen LogP contribution < -0.4 is 19.6 Å². The van der Waals surface area contributed by atoms with Crippen LogP contribution in [-0.4, -0.2) is 31.9 Å². The molecule has 0 radical (unpaired) electrons.